The Balaban J connectivity index is 1.54. The van der Waals surface area contributed by atoms with Crippen LogP contribution in [-0.2, 0) is 6.42 Å². The van der Waals surface area contributed by atoms with E-state index in [1.54, 1.807) is 0 Å². The van der Waals surface area contributed by atoms with Gasteiger partial charge in [-0.3, -0.25) is 0 Å². The van der Waals surface area contributed by atoms with Gasteiger partial charge in [-0.15, -0.1) is 0 Å². The van der Waals surface area contributed by atoms with E-state index in [1.165, 1.54) is 36.8 Å². The zero-order valence-corrected chi connectivity index (χ0v) is 11.5. The fourth-order valence-electron chi connectivity index (χ4n) is 2.83. The summed E-state index contributed by atoms with van der Waals surface area (Å²) in [5, 5.41) is 3.59. The van der Waals surface area contributed by atoms with Crippen molar-refractivity contribution in [2.24, 2.45) is 11.7 Å². The Morgan fingerprint density at radius 2 is 2.26 bits per heavy atom. The van der Waals surface area contributed by atoms with Crippen LogP contribution in [-0.4, -0.2) is 19.7 Å². The van der Waals surface area contributed by atoms with Crippen molar-refractivity contribution in [1.82, 2.24) is 5.32 Å². The molecule has 1 fully saturated rings. The summed E-state index contributed by atoms with van der Waals surface area (Å²) in [6.45, 7) is 2.55. The standard InChI is InChI=1S/C16H24N2O/c17-11-15(18-8-1-2-12-3-4-12)13-5-6-16-14(10-13)7-9-19-16/h5-6,10,12,15,18H,1-4,7-9,11,17H2. The average molecular weight is 260 g/mol. The first-order chi connectivity index (χ1) is 9.36. The van der Waals surface area contributed by atoms with Crippen molar-refractivity contribution >= 4 is 0 Å². The van der Waals surface area contributed by atoms with Gasteiger partial charge in [0, 0.05) is 19.0 Å². The summed E-state index contributed by atoms with van der Waals surface area (Å²) in [5.74, 6) is 2.07. The van der Waals surface area contributed by atoms with Gasteiger partial charge in [-0.05, 0) is 42.5 Å². The first kappa shape index (κ1) is 12.9. The van der Waals surface area contributed by atoms with E-state index >= 15 is 0 Å². The van der Waals surface area contributed by atoms with Gasteiger partial charge in [-0.25, -0.2) is 0 Å². The Kier molecular flexibility index (Phi) is 4.04. The molecule has 1 heterocycles. The van der Waals surface area contributed by atoms with E-state index in [9.17, 15) is 0 Å². The van der Waals surface area contributed by atoms with Crippen LogP contribution in [0, 0.1) is 5.92 Å². The predicted octanol–water partition coefficient (Wildman–Crippen LogP) is 2.40. The van der Waals surface area contributed by atoms with E-state index < -0.39 is 0 Å². The largest absolute Gasteiger partial charge is 0.493 e. The van der Waals surface area contributed by atoms with E-state index in [-0.39, 0.29) is 6.04 Å². The van der Waals surface area contributed by atoms with Crippen LogP contribution in [0.15, 0.2) is 18.2 Å². The molecule has 3 heteroatoms. The maximum atomic E-state index is 5.91. The predicted molar refractivity (Wildman–Crippen MR) is 77.4 cm³/mol. The van der Waals surface area contributed by atoms with Crippen LogP contribution in [0.3, 0.4) is 0 Å². The number of ether oxygens (including phenoxy) is 1. The molecule has 3 N–H and O–H groups in total. The van der Waals surface area contributed by atoms with E-state index in [1.807, 2.05) is 0 Å². The first-order valence-electron chi connectivity index (χ1n) is 7.56. The minimum Gasteiger partial charge on any atom is -0.493 e. The third kappa shape index (κ3) is 3.28. The van der Waals surface area contributed by atoms with Crippen LogP contribution >= 0.6 is 0 Å². The second kappa shape index (κ2) is 5.93. The number of fused-ring (bicyclic) bond motifs is 1. The zero-order valence-electron chi connectivity index (χ0n) is 11.5. The number of nitrogens with one attached hydrogen (secondary N) is 1. The van der Waals surface area contributed by atoms with Gasteiger partial charge in [0.15, 0.2) is 0 Å². The summed E-state index contributed by atoms with van der Waals surface area (Å²) in [4.78, 5) is 0. The molecule has 0 spiro atoms. The molecule has 1 aliphatic carbocycles. The summed E-state index contributed by atoms with van der Waals surface area (Å²) in [5.41, 5.74) is 8.54. The molecular weight excluding hydrogens is 236 g/mol. The molecule has 1 atom stereocenters. The topological polar surface area (TPSA) is 47.3 Å². The second-order valence-electron chi connectivity index (χ2n) is 5.79. The lowest BCUT2D eigenvalue weighted by atomic mass is 10.0. The molecule has 104 valence electrons. The number of rotatable bonds is 7. The minimum atomic E-state index is 0.283. The normalized spacial score (nSPS) is 19.0. The van der Waals surface area contributed by atoms with Gasteiger partial charge in [0.2, 0.25) is 0 Å². The summed E-state index contributed by atoms with van der Waals surface area (Å²) in [6, 6.07) is 6.78. The molecule has 0 saturated heterocycles. The molecule has 19 heavy (non-hydrogen) atoms. The van der Waals surface area contributed by atoms with Gasteiger partial charge >= 0.3 is 0 Å². The van der Waals surface area contributed by atoms with Crippen molar-refractivity contribution in [1.29, 1.82) is 0 Å². The van der Waals surface area contributed by atoms with Crippen LogP contribution in [0.25, 0.3) is 0 Å². The monoisotopic (exact) mass is 260 g/mol. The number of hydrogen-bond acceptors (Lipinski definition) is 3. The van der Waals surface area contributed by atoms with Crippen molar-refractivity contribution in [3.63, 3.8) is 0 Å². The molecular formula is C16H24N2O. The quantitative estimate of drug-likeness (QED) is 0.740. The van der Waals surface area contributed by atoms with Gasteiger partial charge in [-0.1, -0.05) is 25.0 Å². The molecule has 1 saturated carbocycles. The molecule has 2 aliphatic rings. The van der Waals surface area contributed by atoms with E-state index in [4.69, 9.17) is 10.5 Å². The van der Waals surface area contributed by atoms with Crippen molar-refractivity contribution in [3.05, 3.63) is 29.3 Å². The summed E-state index contributed by atoms with van der Waals surface area (Å²) < 4.78 is 5.55. The molecule has 1 unspecified atom stereocenters. The van der Waals surface area contributed by atoms with E-state index in [2.05, 4.69) is 23.5 Å². The molecule has 0 amide bonds. The Hall–Kier alpha value is -1.06. The number of benzene rings is 1. The third-order valence-corrected chi connectivity index (χ3v) is 4.23. The summed E-state index contributed by atoms with van der Waals surface area (Å²) >= 11 is 0. The lowest BCUT2D eigenvalue weighted by molar-refractivity contribution is 0.356. The van der Waals surface area contributed by atoms with Gasteiger partial charge in [0.25, 0.3) is 0 Å². The van der Waals surface area contributed by atoms with Crippen molar-refractivity contribution in [2.45, 2.75) is 38.1 Å². The summed E-state index contributed by atoms with van der Waals surface area (Å²) in [6.07, 6.45) is 6.58. The highest BCUT2D eigenvalue weighted by Crippen LogP contribution is 2.33. The third-order valence-electron chi connectivity index (χ3n) is 4.23. The van der Waals surface area contributed by atoms with Crippen LogP contribution in [0.2, 0.25) is 0 Å². The molecule has 1 aliphatic heterocycles. The van der Waals surface area contributed by atoms with Crippen LogP contribution in [0.1, 0.15) is 42.9 Å². The highest BCUT2D eigenvalue weighted by atomic mass is 16.5. The maximum absolute atomic E-state index is 5.91. The van der Waals surface area contributed by atoms with Crippen molar-refractivity contribution in [2.75, 3.05) is 19.7 Å². The van der Waals surface area contributed by atoms with Crippen LogP contribution < -0.4 is 15.8 Å². The number of nitrogens with two attached hydrogens (primary N) is 1. The fraction of sp³-hybridized carbons (Fsp3) is 0.625. The molecule has 0 radical (unpaired) electrons. The summed E-state index contributed by atoms with van der Waals surface area (Å²) in [7, 11) is 0. The Morgan fingerprint density at radius 1 is 1.37 bits per heavy atom. The van der Waals surface area contributed by atoms with E-state index in [0.717, 1.165) is 31.2 Å². The highest BCUT2D eigenvalue weighted by molar-refractivity contribution is 5.40. The smallest absolute Gasteiger partial charge is 0.122 e. The first-order valence-corrected chi connectivity index (χ1v) is 7.56. The minimum absolute atomic E-state index is 0.283. The zero-order chi connectivity index (χ0) is 13.1. The Labute approximate surface area is 115 Å². The van der Waals surface area contributed by atoms with Crippen LogP contribution in [0.4, 0.5) is 0 Å². The molecule has 3 nitrogen and oxygen atoms in total. The van der Waals surface area contributed by atoms with Crippen molar-refractivity contribution < 1.29 is 4.74 Å². The fourth-order valence-corrected chi connectivity index (χ4v) is 2.83. The van der Waals surface area contributed by atoms with Gasteiger partial charge in [-0.2, -0.15) is 0 Å². The Bertz CT molecular complexity index is 429. The lowest BCUT2D eigenvalue weighted by Crippen LogP contribution is -2.29. The number of hydrogen-bond donors (Lipinski definition) is 2. The van der Waals surface area contributed by atoms with Gasteiger partial charge in [0.05, 0.1) is 6.61 Å². The molecule has 0 aromatic heterocycles. The van der Waals surface area contributed by atoms with Gasteiger partial charge < -0.3 is 15.8 Å². The highest BCUT2D eigenvalue weighted by Gasteiger charge is 2.20. The molecule has 3 rings (SSSR count). The SMILES string of the molecule is NCC(NCCCC1CC1)c1ccc2c(c1)CCO2. The lowest BCUT2D eigenvalue weighted by Gasteiger charge is -2.18. The van der Waals surface area contributed by atoms with Gasteiger partial charge in [0.1, 0.15) is 5.75 Å². The van der Waals surface area contributed by atoms with Crippen molar-refractivity contribution in [3.8, 4) is 5.75 Å². The average Bonchev–Trinajstić information content (AvgIpc) is 3.14. The molecule has 0 bridgehead atoms. The van der Waals surface area contributed by atoms with Crippen LogP contribution in [0.5, 0.6) is 5.75 Å². The van der Waals surface area contributed by atoms with E-state index in [0.29, 0.717) is 6.54 Å². The second-order valence-corrected chi connectivity index (χ2v) is 5.79. The maximum Gasteiger partial charge on any atom is 0.122 e. The molecule has 1 aromatic rings. The Morgan fingerprint density at radius 3 is 3.05 bits per heavy atom. The molecule has 1 aromatic carbocycles.